The summed E-state index contributed by atoms with van der Waals surface area (Å²) in [6, 6.07) is 11.5. The molecule has 0 aromatic heterocycles. The van der Waals surface area contributed by atoms with Gasteiger partial charge in [0.2, 0.25) is 0 Å². The van der Waals surface area contributed by atoms with Crippen LogP contribution < -0.4 is 4.74 Å². The van der Waals surface area contributed by atoms with E-state index in [-0.39, 0.29) is 24.4 Å². The van der Waals surface area contributed by atoms with E-state index in [4.69, 9.17) is 4.74 Å². The van der Waals surface area contributed by atoms with Crippen molar-refractivity contribution in [1.82, 2.24) is 4.90 Å². The molecule has 0 saturated carbocycles. The number of amides is 1. The molecule has 0 heterocycles. The van der Waals surface area contributed by atoms with Crippen molar-refractivity contribution in [3.05, 3.63) is 62.8 Å². The van der Waals surface area contributed by atoms with Gasteiger partial charge in [-0.3, -0.25) is 4.79 Å². The average Bonchev–Trinajstić information content (AvgIpc) is 2.53. The second-order valence-electron chi connectivity index (χ2n) is 5.07. The van der Waals surface area contributed by atoms with Gasteiger partial charge in [0.15, 0.2) is 6.61 Å². The molecular formula is C17H16Br2FNO2. The van der Waals surface area contributed by atoms with Gasteiger partial charge in [0.25, 0.3) is 5.91 Å². The van der Waals surface area contributed by atoms with E-state index in [0.29, 0.717) is 5.75 Å². The van der Waals surface area contributed by atoms with Crippen LogP contribution in [-0.2, 0) is 4.79 Å². The zero-order valence-corrected chi connectivity index (χ0v) is 15.9. The normalized spacial score (nSPS) is 11.9. The average molecular weight is 445 g/mol. The topological polar surface area (TPSA) is 29.5 Å². The molecule has 0 radical (unpaired) electrons. The summed E-state index contributed by atoms with van der Waals surface area (Å²) in [5, 5.41) is 0. The summed E-state index contributed by atoms with van der Waals surface area (Å²) in [6.07, 6.45) is 0. The summed E-state index contributed by atoms with van der Waals surface area (Å²) in [5.74, 6) is 0.130. The number of hydrogen-bond acceptors (Lipinski definition) is 2. The lowest BCUT2D eigenvalue weighted by Gasteiger charge is -2.25. The van der Waals surface area contributed by atoms with Crippen molar-refractivity contribution in [2.45, 2.75) is 13.0 Å². The number of benzene rings is 2. The number of likely N-dealkylation sites (N-methyl/N-ethyl adjacent to an activating group) is 1. The SMILES string of the molecule is CC(c1ccc(F)cc1)N(C)C(=O)COc1c(Br)cccc1Br. The maximum Gasteiger partial charge on any atom is 0.260 e. The van der Waals surface area contributed by atoms with Crippen LogP contribution in [0.5, 0.6) is 5.75 Å². The number of halogens is 3. The van der Waals surface area contributed by atoms with Crippen LogP contribution in [0.4, 0.5) is 4.39 Å². The minimum absolute atomic E-state index is 0.0801. The Hall–Kier alpha value is -1.40. The fourth-order valence-electron chi connectivity index (χ4n) is 2.04. The molecule has 23 heavy (non-hydrogen) atoms. The fourth-order valence-corrected chi connectivity index (χ4v) is 3.26. The molecule has 1 amide bonds. The molecule has 2 rings (SSSR count). The van der Waals surface area contributed by atoms with Crippen LogP contribution in [0.25, 0.3) is 0 Å². The number of carbonyl (C=O) groups is 1. The number of hydrogen-bond donors (Lipinski definition) is 0. The van der Waals surface area contributed by atoms with Gasteiger partial charge in [-0.05, 0) is 68.6 Å². The Kier molecular flexibility index (Phi) is 6.18. The summed E-state index contributed by atoms with van der Waals surface area (Å²) in [7, 11) is 1.70. The first-order valence-corrected chi connectivity index (χ1v) is 8.56. The highest BCUT2D eigenvalue weighted by atomic mass is 79.9. The van der Waals surface area contributed by atoms with Crippen molar-refractivity contribution in [2.24, 2.45) is 0 Å². The molecule has 0 saturated heterocycles. The zero-order valence-electron chi connectivity index (χ0n) is 12.7. The number of para-hydroxylation sites is 1. The van der Waals surface area contributed by atoms with Crippen molar-refractivity contribution < 1.29 is 13.9 Å². The first-order chi connectivity index (χ1) is 10.9. The molecular weight excluding hydrogens is 429 g/mol. The Labute approximate surface area is 151 Å². The van der Waals surface area contributed by atoms with Crippen LogP contribution in [0.15, 0.2) is 51.4 Å². The molecule has 0 aliphatic heterocycles. The fraction of sp³-hybridized carbons (Fsp3) is 0.235. The van der Waals surface area contributed by atoms with Gasteiger partial charge < -0.3 is 9.64 Å². The van der Waals surface area contributed by atoms with Gasteiger partial charge in [0.05, 0.1) is 15.0 Å². The van der Waals surface area contributed by atoms with Crippen LogP contribution in [0.1, 0.15) is 18.5 Å². The Morgan fingerprint density at radius 2 is 1.74 bits per heavy atom. The molecule has 1 unspecified atom stereocenters. The van der Waals surface area contributed by atoms with E-state index in [1.54, 1.807) is 24.1 Å². The minimum atomic E-state index is -0.294. The lowest BCUT2D eigenvalue weighted by molar-refractivity contribution is -0.134. The van der Waals surface area contributed by atoms with Crippen molar-refractivity contribution >= 4 is 37.8 Å². The molecule has 2 aromatic rings. The lowest BCUT2D eigenvalue weighted by Crippen LogP contribution is -2.33. The van der Waals surface area contributed by atoms with Crippen molar-refractivity contribution in [2.75, 3.05) is 13.7 Å². The summed E-state index contributed by atoms with van der Waals surface area (Å²) in [5.41, 5.74) is 0.865. The highest BCUT2D eigenvalue weighted by Gasteiger charge is 2.18. The molecule has 2 aromatic carbocycles. The van der Waals surface area contributed by atoms with Crippen molar-refractivity contribution in [1.29, 1.82) is 0 Å². The minimum Gasteiger partial charge on any atom is -0.481 e. The van der Waals surface area contributed by atoms with E-state index in [1.165, 1.54) is 12.1 Å². The zero-order chi connectivity index (χ0) is 17.0. The van der Waals surface area contributed by atoms with Gasteiger partial charge in [-0.25, -0.2) is 4.39 Å². The molecule has 0 aliphatic carbocycles. The lowest BCUT2D eigenvalue weighted by atomic mass is 10.1. The largest absolute Gasteiger partial charge is 0.481 e. The second-order valence-corrected chi connectivity index (χ2v) is 6.78. The van der Waals surface area contributed by atoms with E-state index in [2.05, 4.69) is 31.9 Å². The number of carbonyl (C=O) groups excluding carboxylic acids is 1. The van der Waals surface area contributed by atoms with E-state index in [1.807, 2.05) is 25.1 Å². The predicted octanol–water partition coefficient (Wildman–Crippen LogP) is 4.95. The summed E-state index contributed by atoms with van der Waals surface area (Å²) in [4.78, 5) is 13.9. The maximum atomic E-state index is 13.0. The van der Waals surface area contributed by atoms with E-state index >= 15 is 0 Å². The smallest absolute Gasteiger partial charge is 0.260 e. The van der Waals surface area contributed by atoms with Crippen LogP contribution in [0.2, 0.25) is 0 Å². The molecule has 0 spiro atoms. The highest BCUT2D eigenvalue weighted by molar-refractivity contribution is 9.11. The summed E-state index contributed by atoms with van der Waals surface area (Å²) < 4.78 is 20.1. The van der Waals surface area contributed by atoms with Crippen molar-refractivity contribution in [3.8, 4) is 5.75 Å². The second kappa shape index (κ2) is 7.93. The van der Waals surface area contributed by atoms with Crippen LogP contribution in [0.3, 0.4) is 0 Å². The Bertz CT molecular complexity index is 671. The Balaban J connectivity index is 2.01. The molecule has 0 fully saturated rings. The third-order valence-electron chi connectivity index (χ3n) is 3.59. The molecule has 6 heteroatoms. The van der Waals surface area contributed by atoms with Crippen LogP contribution >= 0.6 is 31.9 Å². The maximum absolute atomic E-state index is 13.0. The predicted molar refractivity (Wildman–Crippen MR) is 94.9 cm³/mol. The third-order valence-corrected chi connectivity index (χ3v) is 4.83. The molecule has 1 atom stereocenters. The van der Waals surface area contributed by atoms with Gasteiger partial charge >= 0.3 is 0 Å². The quantitative estimate of drug-likeness (QED) is 0.652. The summed E-state index contributed by atoms with van der Waals surface area (Å²) in [6.45, 7) is 1.81. The first kappa shape index (κ1) is 17.9. The Morgan fingerprint density at radius 3 is 2.30 bits per heavy atom. The van der Waals surface area contributed by atoms with E-state index in [9.17, 15) is 9.18 Å². The van der Waals surface area contributed by atoms with Crippen LogP contribution in [-0.4, -0.2) is 24.5 Å². The highest BCUT2D eigenvalue weighted by Crippen LogP contribution is 2.33. The summed E-state index contributed by atoms with van der Waals surface area (Å²) >= 11 is 6.78. The molecule has 122 valence electrons. The van der Waals surface area contributed by atoms with Crippen LogP contribution in [0, 0.1) is 5.82 Å². The molecule has 0 bridgehead atoms. The standard InChI is InChI=1S/C17H16Br2FNO2/c1-11(12-6-8-13(20)9-7-12)21(2)16(22)10-23-17-14(18)4-3-5-15(17)19/h3-9,11H,10H2,1-2H3. The van der Waals surface area contributed by atoms with Gasteiger partial charge in [-0.15, -0.1) is 0 Å². The van der Waals surface area contributed by atoms with Crippen molar-refractivity contribution in [3.63, 3.8) is 0 Å². The van der Waals surface area contributed by atoms with Gasteiger partial charge in [-0.2, -0.15) is 0 Å². The monoisotopic (exact) mass is 443 g/mol. The third kappa shape index (κ3) is 4.54. The first-order valence-electron chi connectivity index (χ1n) is 6.98. The van der Waals surface area contributed by atoms with Gasteiger partial charge in [0.1, 0.15) is 11.6 Å². The Morgan fingerprint density at radius 1 is 1.17 bits per heavy atom. The molecule has 0 aliphatic rings. The molecule has 3 nitrogen and oxygen atoms in total. The van der Waals surface area contributed by atoms with Gasteiger partial charge in [0, 0.05) is 7.05 Å². The molecule has 0 N–H and O–H groups in total. The van der Waals surface area contributed by atoms with Gasteiger partial charge in [-0.1, -0.05) is 18.2 Å². The van der Waals surface area contributed by atoms with E-state index < -0.39 is 0 Å². The number of ether oxygens (including phenoxy) is 1. The number of nitrogens with zero attached hydrogens (tertiary/aromatic N) is 1. The number of rotatable bonds is 5. The van der Waals surface area contributed by atoms with E-state index in [0.717, 1.165) is 14.5 Å².